The highest BCUT2D eigenvalue weighted by Gasteiger charge is 2.33. The van der Waals surface area contributed by atoms with E-state index in [9.17, 15) is 9.18 Å². The monoisotopic (exact) mass is 358 g/mol. The quantitative estimate of drug-likeness (QED) is 0.759. The number of hydrogen-bond acceptors (Lipinski definition) is 6. The van der Waals surface area contributed by atoms with Crippen LogP contribution in [0.4, 0.5) is 10.1 Å². The summed E-state index contributed by atoms with van der Waals surface area (Å²) < 4.78 is 18.9. The topological polar surface area (TPSA) is 71.3 Å². The van der Waals surface area contributed by atoms with Crippen LogP contribution >= 0.6 is 11.3 Å². The maximum atomic E-state index is 13.5. The van der Waals surface area contributed by atoms with E-state index in [0.29, 0.717) is 24.8 Å². The lowest BCUT2D eigenvalue weighted by molar-refractivity contribution is -0.118. The van der Waals surface area contributed by atoms with Gasteiger partial charge in [0.25, 0.3) is 0 Å². The Kier molecular flexibility index (Phi) is 4.29. The molecule has 2 aromatic heterocycles. The number of carbonyl (C=O) groups is 1. The fourth-order valence-electron chi connectivity index (χ4n) is 2.72. The average Bonchev–Trinajstić information content (AvgIpc) is 3.23. The minimum atomic E-state index is -0.440. The van der Waals surface area contributed by atoms with Crippen molar-refractivity contribution in [2.75, 3.05) is 25.0 Å². The van der Waals surface area contributed by atoms with Crippen LogP contribution in [-0.4, -0.2) is 40.6 Å². The normalized spacial score (nSPS) is 15.1. The molecule has 128 valence electrons. The maximum Gasteiger partial charge on any atom is 0.238 e. The number of halogens is 1. The van der Waals surface area contributed by atoms with Crippen LogP contribution in [-0.2, 0) is 4.79 Å². The Balaban J connectivity index is 1.29. The van der Waals surface area contributed by atoms with Gasteiger partial charge in [-0.1, -0.05) is 23.4 Å². The zero-order valence-electron chi connectivity index (χ0n) is 13.2. The number of anilines is 1. The minimum absolute atomic E-state index is 0.127. The van der Waals surface area contributed by atoms with Crippen molar-refractivity contribution < 1.29 is 13.7 Å². The average molecular weight is 358 g/mol. The van der Waals surface area contributed by atoms with Gasteiger partial charge in [-0.15, -0.1) is 11.3 Å². The Morgan fingerprint density at radius 1 is 1.32 bits per heavy atom. The Labute approximate surface area is 147 Å². The van der Waals surface area contributed by atoms with Gasteiger partial charge in [-0.05, 0) is 23.6 Å². The number of rotatable bonds is 5. The zero-order chi connectivity index (χ0) is 17.2. The molecule has 1 N–H and O–H groups in total. The molecule has 1 aliphatic rings. The van der Waals surface area contributed by atoms with Crippen LogP contribution in [0.5, 0.6) is 0 Å². The predicted molar refractivity (Wildman–Crippen MR) is 91.8 cm³/mol. The van der Waals surface area contributed by atoms with Gasteiger partial charge in [-0.3, -0.25) is 9.69 Å². The van der Waals surface area contributed by atoms with E-state index in [1.807, 2.05) is 22.4 Å². The molecule has 0 unspecified atom stereocenters. The maximum absolute atomic E-state index is 13.5. The molecule has 1 amide bonds. The Morgan fingerprint density at radius 2 is 2.16 bits per heavy atom. The van der Waals surface area contributed by atoms with Gasteiger partial charge in [0.2, 0.25) is 17.6 Å². The third-order valence-corrected chi connectivity index (χ3v) is 4.87. The summed E-state index contributed by atoms with van der Waals surface area (Å²) in [5.41, 5.74) is 0.196. The Morgan fingerprint density at radius 3 is 2.92 bits per heavy atom. The molecule has 0 spiro atoms. The van der Waals surface area contributed by atoms with E-state index < -0.39 is 5.82 Å². The lowest BCUT2D eigenvalue weighted by atomic mass is 10.0. The fourth-order valence-corrected chi connectivity index (χ4v) is 3.37. The Bertz CT molecular complexity index is 874. The molecule has 0 aliphatic carbocycles. The predicted octanol–water partition coefficient (Wildman–Crippen LogP) is 2.98. The van der Waals surface area contributed by atoms with Gasteiger partial charge < -0.3 is 9.84 Å². The third kappa shape index (κ3) is 3.45. The van der Waals surface area contributed by atoms with Gasteiger partial charge in [0, 0.05) is 13.1 Å². The highest BCUT2D eigenvalue weighted by atomic mass is 32.1. The van der Waals surface area contributed by atoms with Crippen molar-refractivity contribution in [3.63, 3.8) is 0 Å². The van der Waals surface area contributed by atoms with Gasteiger partial charge >= 0.3 is 0 Å². The van der Waals surface area contributed by atoms with Crippen LogP contribution in [0.3, 0.4) is 0 Å². The largest absolute Gasteiger partial charge is 0.339 e. The van der Waals surface area contributed by atoms with Gasteiger partial charge in [-0.2, -0.15) is 4.98 Å². The summed E-state index contributed by atoms with van der Waals surface area (Å²) in [6.07, 6.45) is 0. The van der Waals surface area contributed by atoms with Crippen LogP contribution in [0.15, 0.2) is 46.3 Å². The van der Waals surface area contributed by atoms with Crippen molar-refractivity contribution in [2.24, 2.45) is 0 Å². The van der Waals surface area contributed by atoms with Gasteiger partial charge in [-0.25, -0.2) is 4.39 Å². The van der Waals surface area contributed by atoms with Gasteiger partial charge in [0.15, 0.2) is 0 Å². The summed E-state index contributed by atoms with van der Waals surface area (Å²) in [7, 11) is 0. The van der Waals surface area contributed by atoms with Crippen molar-refractivity contribution in [2.45, 2.75) is 5.92 Å². The Hall–Kier alpha value is -2.58. The van der Waals surface area contributed by atoms with E-state index in [4.69, 9.17) is 4.52 Å². The first-order chi connectivity index (χ1) is 12.2. The molecular weight excluding hydrogens is 343 g/mol. The molecule has 1 aromatic carbocycles. The smallest absolute Gasteiger partial charge is 0.238 e. The van der Waals surface area contributed by atoms with Crippen LogP contribution in [0.2, 0.25) is 0 Å². The number of benzene rings is 1. The lowest BCUT2D eigenvalue weighted by Crippen LogP contribution is -2.48. The van der Waals surface area contributed by atoms with E-state index in [1.165, 1.54) is 12.1 Å². The van der Waals surface area contributed by atoms with Crippen molar-refractivity contribution in [1.29, 1.82) is 0 Å². The number of para-hydroxylation sites is 1. The highest BCUT2D eigenvalue weighted by Crippen LogP contribution is 2.28. The first-order valence-corrected chi connectivity index (χ1v) is 8.71. The summed E-state index contributed by atoms with van der Waals surface area (Å²) in [5, 5.41) is 8.54. The zero-order valence-corrected chi connectivity index (χ0v) is 14.0. The molecule has 0 radical (unpaired) electrons. The molecule has 1 fully saturated rings. The second kappa shape index (κ2) is 6.73. The molecule has 8 heteroatoms. The number of carbonyl (C=O) groups excluding carboxylic acids is 1. The molecule has 1 saturated heterocycles. The van der Waals surface area contributed by atoms with Crippen LogP contribution in [0.25, 0.3) is 10.7 Å². The SMILES string of the molecule is O=C(CN1CC(c2nc(-c3cccs3)no2)C1)Nc1ccccc1F. The standard InChI is InChI=1S/C17H15FN4O2S/c18-12-4-1-2-5-13(12)19-15(23)10-22-8-11(9-22)17-20-16(21-24-17)14-6-3-7-25-14/h1-7,11H,8-10H2,(H,19,23). The van der Waals surface area contributed by atoms with Crippen LogP contribution < -0.4 is 5.32 Å². The van der Waals surface area contributed by atoms with Gasteiger partial charge in [0.1, 0.15) is 5.82 Å². The summed E-state index contributed by atoms with van der Waals surface area (Å²) in [5.74, 6) is 0.634. The number of nitrogens with zero attached hydrogens (tertiary/aromatic N) is 3. The van der Waals surface area contributed by atoms with Gasteiger partial charge in [0.05, 0.1) is 23.0 Å². The molecule has 0 atom stereocenters. The summed E-state index contributed by atoms with van der Waals surface area (Å²) in [6, 6.07) is 10.0. The van der Waals surface area contributed by atoms with Crippen molar-refractivity contribution in [3.8, 4) is 10.7 Å². The number of nitrogens with one attached hydrogen (secondary N) is 1. The molecule has 25 heavy (non-hydrogen) atoms. The van der Waals surface area contributed by atoms with E-state index in [1.54, 1.807) is 23.5 Å². The molecule has 0 bridgehead atoms. The second-order valence-electron chi connectivity index (χ2n) is 5.85. The van der Waals surface area contributed by atoms with Crippen molar-refractivity contribution in [3.05, 3.63) is 53.5 Å². The van der Waals surface area contributed by atoms with Crippen molar-refractivity contribution >= 4 is 22.9 Å². The van der Waals surface area contributed by atoms with Crippen molar-refractivity contribution in [1.82, 2.24) is 15.0 Å². The molecule has 0 saturated carbocycles. The number of hydrogen-bond donors (Lipinski definition) is 1. The molecule has 1 aliphatic heterocycles. The van der Waals surface area contributed by atoms with E-state index >= 15 is 0 Å². The minimum Gasteiger partial charge on any atom is -0.339 e. The fraction of sp³-hybridized carbons (Fsp3) is 0.235. The van der Waals surface area contributed by atoms with E-state index in [-0.39, 0.29) is 24.1 Å². The highest BCUT2D eigenvalue weighted by molar-refractivity contribution is 7.13. The molecule has 6 nitrogen and oxygen atoms in total. The molecule has 4 rings (SSSR count). The summed E-state index contributed by atoms with van der Waals surface area (Å²) >= 11 is 1.56. The lowest BCUT2D eigenvalue weighted by Gasteiger charge is -2.36. The van der Waals surface area contributed by atoms with E-state index in [2.05, 4.69) is 15.5 Å². The number of thiophene rings is 1. The molecular formula is C17H15FN4O2S. The summed E-state index contributed by atoms with van der Waals surface area (Å²) in [4.78, 5) is 19.3. The number of amides is 1. The van der Waals surface area contributed by atoms with Crippen LogP contribution in [0.1, 0.15) is 11.8 Å². The van der Waals surface area contributed by atoms with Crippen LogP contribution in [0, 0.1) is 5.82 Å². The molecule has 3 heterocycles. The number of aromatic nitrogens is 2. The second-order valence-corrected chi connectivity index (χ2v) is 6.80. The third-order valence-electron chi connectivity index (χ3n) is 4.00. The molecule has 3 aromatic rings. The first-order valence-electron chi connectivity index (χ1n) is 7.83. The first kappa shape index (κ1) is 15.9. The number of likely N-dealkylation sites (tertiary alicyclic amines) is 1. The summed E-state index contributed by atoms with van der Waals surface area (Å²) in [6.45, 7) is 1.53. The van der Waals surface area contributed by atoms with E-state index in [0.717, 1.165) is 4.88 Å².